The van der Waals surface area contributed by atoms with Crippen LogP contribution in [0.25, 0.3) is 0 Å². The Bertz CT molecular complexity index is 536. The molecule has 4 nitrogen and oxygen atoms in total. The molecule has 0 radical (unpaired) electrons. The summed E-state index contributed by atoms with van der Waals surface area (Å²) in [5.41, 5.74) is 6.05. The van der Waals surface area contributed by atoms with Gasteiger partial charge in [0, 0.05) is 21.5 Å². The summed E-state index contributed by atoms with van der Waals surface area (Å²) in [5, 5.41) is 2.84. The number of hydrogen-bond acceptors (Lipinski definition) is 4. The Hall–Kier alpha value is -1.88. The highest BCUT2D eigenvalue weighted by Gasteiger charge is 2.06. The zero-order valence-electron chi connectivity index (χ0n) is 9.43. The van der Waals surface area contributed by atoms with Gasteiger partial charge in [-0.3, -0.25) is 4.79 Å². The molecule has 17 heavy (non-hydrogen) atoms. The number of pyridine rings is 1. The van der Waals surface area contributed by atoms with E-state index in [4.69, 9.17) is 5.73 Å². The Morgan fingerprint density at radius 3 is 2.94 bits per heavy atom. The average molecular weight is 247 g/mol. The topological polar surface area (TPSA) is 68.0 Å². The minimum absolute atomic E-state index is 0.134. The number of nitrogens with zero attached hydrogens (tertiary/aromatic N) is 1. The molecule has 0 aliphatic carbocycles. The first-order valence-electron chi connectivity index (χ1n) is 5.20. The van der Waals surface area contributed by atoms with Crippen LogP contribution in [0, 0.1) is 6.92 Å². The summed E-state index contributed by atoms with van der Waals surface area (Å²) in [5.74, 6) is 0.217. The third-order valence-electron chi connectivity index (χ3n) is 2.26. The number of thiophene rings is 1. The molecular formula is C12H13N3OS. The van der Waals surface area contributed by atoms with Crippen LogP contribution in [0.5, 0.6) is 0 Å². The first-order valence-corrected chi connectivity index (χ1v) is 6.02. The maximum atomic E-state index is 11.8. The van der Waals surface area contributed by atoms with Gasteiger partial charge in [-0.15, -0.1) is 11.3 Å². The lowest BCUT2D eigenvalue weighted by molar-refractivity contribution is 0.0951. The van der Waals surface area contributed by atoms with Crippen LogP contribution in [0.4, 0.5) is 5.82 Å². The van der Waals surface area contributed by atoms with Gasteiger partial charge in [0.05, 0.1) is 6.54 Å². The fraction of sp³-hybridized carbons (Fsp3) is 0.167. The van der Waals surface area contributed by atoms with Crippen molar-refractivity contribution in [3.8, 4) is 0 Å². The zero-order chi connectivity index (χ0) is 12.3. The number of amides is 1. The molecule has 1 amide bonds. The monoisotopic (exact) mass is 247 g/mol. The molecule has 5 heteroatoms. The Kier molecular flexibility index (Phi) is 3.39. The van der Waals surface area contributed by atoms with Gasteiger partial charge >= 0.3 is 0 Å². The van der Waals surface area contributed by atoms with Crippen molar-refractivity contribution in [1.29, 1.82) is 0 Å². The Morgan fingerprint density at radius 1 is 1.47 bits per heavy atom. The van der Waals surface area contributed by atoms with Gasteiger partial charge in [0.1, 0.15) is 5.82 Å². The summed E-state index contributed by atoms with van der Waals surface area (Å²) < 4.78 is 0. The Labute approximate surface area is 103 Å². The quantitative estimate of drug-likeness (QED) is 0.871. The number of nitrogens with one attached hydrogen (secondary N) is 1. The number of anilines is 1. The van der Waals surface area contributed by atoms with E-state index in [-0.39, 0.29) is 5.91 Å². The van der Waals surface area contributed by atoms with Crippen LogP contribution < -0.4 is 11.1 Å². The highest BCUT2D eigenvalue weighted by molar-refractivity contribution is 7.11. The molecule has 0 atom stereocenters. The zero-order valence-corrected chi connectivity index (χ0v) is 10.3. The Morgan fingerprint density at radius 2 is 2.29 bits per heavy atom. The van der Waals surface area contributed by atoms with Crippen molar-refractivity contribution in [3.05, 3.63) is 45.8 Å². The second kappa shape index (κ2) is 4.97. The third kappa shape index (κ3) is 3.04. The second-order valence-corrected chi connectivity index (χ2v) is 5.04. The lowest BCUT2D eigenvalue weighted by Gasteiger charge is -2.03. The van der Waals surface area contributed by atoms with Crippen LogP contribution in [0.1, 0.15) is 20.1 Å². The van der Waals surface area contributed by atoms with Crippen LogP contribution in [-0.4, -0.2) is 10.9 Å². The summed E-state index contributed by atoms with van der Waals surface area (Å²) >= 11 is 1.68. The van der Waals surface area contributed by atoms with Crippen LogP contribution in [-0.2, 0) is 6.54 Å². The number of aryl methyl sites for hydroxylation is 1. The fourth-order valence-corrected chi connectivity index (χ4v) is 2.27. The normalized spacial score (nSPS) is 10.2. The van der Waals surface area contributed by atoms with Crippen molar-refractivity contribution < 1.29 is 4.79 Å². The lowest BCUT2D eigenvalue weighted by atomic mass is 10.2. The van der Waals surface area contributed by atoms with Crippen molar-refractivity contribution in [3.63, 3.8) is 0 Å². The number of hydrogen-bond donors (Lipinski definition) is 2. The molecule has 0 aliphatic heterocycles. The van der Waals surface area contributed by atoms with Crippen molar-refractivity contribution in [1.82, 2.24) is 10.3 Å². The van der Waals surface area contributed by atoms with E-state index in [1.807, 2.05) is 19.1 Å². The van der Waals surface area contributed by atoms with E-state index in [9.17, 15) is 4.79 Å². The molecule has 0 bridgehead atoms. The maximum Gasteiger partial charge on any atom is 0.251 e. The van der Waals surface area contributed by atoms with E-state index in [1.165, 1.54) is 11.1 Å². The van der Waals surface area contributed by atoms with Gasteiger partial charge in [0.25, 0.3) is 5.91 Å². The number of aromatic nitrogens is 1. The van der Waals surface area contributed by atoms with E-state index < -0.39 is 0 Å². The van der Waals surface area contributed by atoms with Gasteiger partial charge in [0.15, 0.2) is 0 Å². The number of carbonyl (C=O) groups is 1. The molecule has 3 N–H and O–H groups in total. The molecule has 0 unspecified atom stereocenters. The van der Waals surface area contributed by atoms with Gasteiger partial charge in [-0.05, 0) is 31.2 Å². The maximum absolute atomic E-state index is 11.8. The van der Waals surface area contributed by atoms with Crippen molar-refractivity contribution in [2.45, 2.75) is 13.5 Å². The first kappa shape index (κ1) is 11.6. The van der Waals surface area contributed by atoms with Gasteiger partial charge < -0.3 is 11.1 Å². The van der Waals surface area contributed by atoms with Crippen LogP contribution >= 0.6 is 11.3 Å². The molecule has 0 spiro atoms. The predicted molar refractivity (Wildman–Crippen MR) is 68.9 cm³/mol. The van der Waals surface area contributed by atoms with Gasteiger partial charge in [-0.1, -0.05) is 0 Å². The minimum Gasteiger partial charge on any atom is -0.384 e. The largest absolute Gasteiger partial charge is 0.384 e. The number of carbonyl (C=O) groups excluding carboxylic acids is 1. The second-order valence-electron chi connectivity index (χ2n) is 3.66. The van der Waals surface area contributed by atoms with Crippen molar-refractivity contribution in [2.75, 3.05) is 5.73 Å². The van der Waals surface area contributed by atoms with Crippen molar-refractivity contribution in [2.24, 2.45) is 0 Å². The molecule has 2 aromatic rings. The molecule has 2 rings (SSSR count). The van der Waals surface area contributed by atoms with Gasteiger partial charge in [0.2, 0.25) is 0 Å². The molecule has 0 fully saturated rings. The number of nitrogens with two attached hydrogens (primary N) is 1. The Balaban J connectivity index is 1.98. The number of nitrogen functional groups attached to an aromatic ring is 1. The molecule has 0 saturated carbocycles. The highest BCUT2D eigenvalue weighted by Crippen LogP contribution is 2.14. The van der Waals surface area contributed by atoms with Gasteiger partial charge in [-0.2, -0.15) is 0 Å². The molecule has 0 aliphatic rings. The predicted octanol–water partition coefficient (Wildman–Crippen LogP) is 1.96. The molecule has 0 saturated heterocycles. The molecule has 88 valence electrons. The first-order chi connectivity index (χ1) is 8.15. The minimum atomic E-state index is -0.134. The van der Waals surface area contributed by atoms with Crippen LogP contribution in [0.3, 0.4) is 0 Å². The van der Waals surface area contributed by atoms with E-state index in [0.29, 0.717) is 17.9 Å². The average Bonchev–Trinajstić information content (AvgIpc) is 2.72. The molecule has 0 aromatic carbocycles. The fourth-order valence-electron chi connectivity index (χ4n) is 1.44. The summed E-state index contributed by atoms with van der Waals surface area (Å²) in [6.45, 7) is 2.58. The summed E-state index contributed by atoms with van der Waals surface area (Å²) in [7, 11) is 0. The van der Waals surface area contributed by atoms with E-state index >= 15 is 0 Å². The smallest absolute Gasteiger partial charge is 0.251 e. The van der Waals surface area contributed by atoms with Crippen molar-refractivity contribution >= 4 is 23.1 Å². The van der Waals surface area contributed by atoms with E-state index in [2.05, 4.69) is 10.3 Å². The third-order valence-corrected chi connectivity index (χ3v) is 3.26. The van der Waals surface area contributed by atoms with E-state index in [0.717, 1.165) is 4.88 Å². The number of rotatable bonds is 3. The summed E-state index contributed by atoms with van der Waals surface area (Å²) in [6.07, 6.45) is 1.53. The van der Waals surface area contributed by atoms with E-state index in [1.54, 1.807) is 23.5 Å². The highest BCUT2D eigenvalue weighted by atomic mass is 32.1. The lowest BCUT2D eigenvalue weighted by Crippen LogP contribution is -2.22. The molecular weight excluding hydrogens is 234 g/mol. The van der Waals surface area contributed by atoms with Gasteiger partial charge in [-0.25, -0.2) is 4.98 Å². The SMILES string of the molecule is Cc1ccc(CNC(=O)c2ccnc(N)c2)s1. The molecule has 2 aromatic heterocycles. The van der Waals surface area contributed by atoms with Crippen LogP contribution in [0.15, 0.2) is 30.5 Å². The summed E-state index contributed by atoms with van der Waals surface area (Å²) in [4.78, 5) is 18.0. The standard InChI is InChI=1S/C12H13N3OS/c1-8-2-3-10(17-8)7-15-12(16)9-4-5-14-11(13)6-9/h2-6H,7H2,1H3,(H2,13,14)(H,15,16). The summed E-state index contributed by atoms with van der Waals surface area (Å²) in [6, 6.07) is 7.26. The van der Waals surface area contributed by atoms with Crippen LogP contribution in [0.2, 0.25) is 0 Å². The molecule has 2 heterocycles.